The Balaban J connectivity index is 1.60. The zero-order chi connectivity index (χ0) is 20.1. The summed E-state index contributed by atoms with van der Waals surface area (Å²) in [5.41, 5.74) is 1.42. The lowest BCUT2D eigenvalue weighted by Crippen LogP contribution is -2.36. The van der Waals surface area contributed by atoms with E-state index in [0.29, 0.717) is 11.5 Å². The largest absolute Gasteiger partial charge is 0.320 e. The van der Waals surface area contributed by atoms with Crippen LogP contribution < -0.4 is 5.32 Å². The van der Waals surface area contributed by atoms with E-state index in [4.69, 9.17) is 5.26 Å². The molecule has 2 saturated heterocycles. The predicted molar refractivity (Wildman–Crippen MR) is 97.8 cm³/mol. The van der Waals surface area contributed by atoms with Crippen LogP contribution in [0.5, 0.6) is 0 Å². The first-order valence-electron chi connectivity index (χ1n) is 9.63. The minimum absolute atomic E-state index is 0.0672. The smallest absolute Gasteiger partial charge is 0.268 e. The number of nitriles is 1. The number of nitrogens with one attached hydrogen (secondary N) is 1. The molecule has 150 valence electrons. The lowest BCUT2D eigenvalue weighted by Gasteiger charge is -2.23. The van der Waals surface area contributed by atoms with Crippen molar-refractivity contribution in [2.24, 2.45) is 5.92 Å². The van der Waals surface area contributed by atoms with Gasteiger partial charge in [-0.3, -0.25) is 14.6 Å². The van der Waals surface area contributed by atoms with E-state index in [0.717, 1.165) is 42.8 Å². The van der Waals surface area contributed by atoms with Crippen molar-refractivity contribution in [1.29, 1.82) is 5.26 Å². The van der Waals surface area contributed by atoms with Crippen LogP contribution in [0.2, 0.25) is 0 Å². The molecule has 0 radical (unpaired) electrons. The second-order valence-corrected chi connectivity index (χ2v) is 7.58. The van der Waals surface area contributed by atoms with Crippen molar-refractivity contribution < 1.29 is 18.4 Å². The fourth-order valence-electron chi connectivity index (χ4n) is 3.95. The number of likely N-dealkylation sites (tertiary alicyclic amines) is 1. The molecule has 2 aliphatic heterocycles. The highest BCUT2D eigenvalue weighted by atomic mass is 19.3. The number of hydrogen-bond acceptors (Lipinski definition) is 5. The molecule has 28 heavy (non-hydrogen) atoms. The molecule has 1 aromatic heterocycles. The quantitative estimate of drug-likeness (QED) is 0.754. The van der Waals surface area contributed by atoms with Crippen LogP contribution in [0.1, 0.15) is 48.0 Å². The number of halogens is 2. The highest BCUT2D eigenvalue weighted by Crippen LogP contribution is 2.32. The summed E-state index contributed by atoms with van der Waals surface area (Å²) in [5, 5.41) is 12.3. The molecule has 0 bridgehead atoms. The summed E-state index contributed by atoms with van der Waals surface area (Å²) in [5.74, 6) is -3.33. The van der Waals surface area contributed by atoms with Gasteiger partial charge in [0.15, 0.2) is 5.78 Å². The molecule has 0 aromatic carbocycles. The van der Waals surface area contributed by atoms with E-state index in [-0.39, 0.29) is 18.6 Å². The van der Waals surface area contributed by atoms with Crippen LogP contribution in [0, 0.1) is 17.2 Å². The molecular weight excluding hydrogens is 366 g/mol. The summed E-state index contributed by atoms with van der Waals surface area (Å²) >= 11 is 0. The first-order chi connectivity index (χ1) is 13.4. The van der Waals surface area contributed by atoms with Gasteiger partial charge in [-0.1, -0.05) is 0 Å². The van der Waals surface area contributed by atoms with Crippen LogP contribution in [0.4, 0.5) is 8.78 Å². The molecule has 3 heterocycles. The highest BCUT2D eigenvalue weighted by molar-refractivity contribution is 5.99. The summed E-state index contributed by atoms with van der Waals surface area (Å²) in [4.78, 5) is 30.0. The van der Waals surface area contributed by atoms with Crippen LogP contribution in [-0.4, -0.2) is 53.2 Å². The third-order valence-electron chi connectivity index (χ3n) is 5.48. The molecule has 8 heteroatoms. The third-order valence-corrected chi connectivity index (χ3v) is 5.48. The molecule has 1 atom stereocenters. The van der Waals surface area contributed by atoms with Crippen LogP contribution in [-0.2, 0) is 11.2 Å². The zero-order valence-corrected chi connectivity index (χ0v) is 15.7. The topological polar surface area (TPSA) is 86.1 Å². The molecule has 0 unspecified atom stereocenters. The number of alkyl halides is 2. The number of aromatic nitrogens is 1. The normalized spacial score (nSPS) is 22.0. The second kappa shape index (κ2) is 8.74. The third kappa shape index (κ3) is 4.90. The van der Waals surface area contributed by atoms with Gasteiger partial charge in [0.05, 0.1) is 12.6 Å². The standard InChI is InChI=1S/C20H24F2N4O2/c21-20(22)10-16(11-23)26(13-20)19(28)2-1-18(27)17-5-8-25-12-15(17)9-14-3-6-24-7-4-14/h5,8,12,14,16,24H,1-4,6-7,9-10,13H2/t16-/m0/s1. The van der Waals surface area contributed by atoms with Crippen molar-refractivity contribution in [3.63, 3.8) is 0 Å². The predicted octanol–water partition coefficient (Wildman–Crippen LogP) is 2.35. The molecule has 1 amide bonds. The summed E-state index contributed by atoms with van der Waals surface area (Å²) < 4.78 is 27.0. The van der Waals surface area contributed by atoms with Crippen LogP contribution in [0.15, 0.2) is 18.5 Å². The molecular formula is C20H24F2N4O2. The fraction of sp³-hybridized carbons (Fsp3) is 0.600. The van der Waals surface area contributed by atoms with Crippen molar-refractivity contribution in [2.45, 2.75) is 50.5 Å². The summed E-state index contributed by atoms with van der Waals surface area (Å²) in [6.07, 6.45) is 5.20. The van der Waals surface area contributed by atoms with Gasteiger partial charge in [-0.15, -0.1) is 0 Å². The Morgan fingerprint density at radius 3 is 2.79 bits per heavy atom. The Labute approximate surface area is 162 Å². The van der Waals surface area contributed by atoms with Gasteiger partial charge in [-0.25, -0.2) is 8.78 Å². The van der Waals surface area contributed by atoms with Crippen molar-refractivity contribution >= 4 is 11.7 Å². The van der Waals surface area contributed by atoms with Gasteiger partial charge >= 0.3 is 0 Å². The first kappa shape index (κ1) is 20.3. The Kier molecular flexibility index (Phi) is 6.35. The SMILES string of the molecule is N#C[C@@H]1CC(F)(F)CN1C(=O)CCC(=O)c1ccncc1CC1CCNCC1. The number of carbonyl (C=O) groups excluding carboxylic acids is 2. The number of nitrogens with zero attached hydrogens (tertiary/aromatic N) is 3. The van der Waals surface area contributed by atoms with E-state index in [1.807, 2.05) is 0 Å². The summed E-state index contributed by atoms with van der Waals surface area (Å²) in [6, 6.07) is 2.28. The molecule has 0 saturated carbocycles. The van der Waals surface area contributed by atoms with E-state index >= 15 is 0 Å². The Hall–Kier alpha value is -2.40. The maximum Gasteiger partial charge on any atom is 0.268 e. The maximum absolute atomic E-state index is 13.5. The van der Waals surface area contributed by atoms with Gasteiger partial charge < -0.3 is 10.2 Å². The summed E-state index contributed by atoms with van der Waals surface area (Å²) in [7, 11) is 0. The molecule has 3 rings (SSSR count). The molecule has 1 N–H and O–H groups in total. The van der Waals surface area contributed by atoms with Gasteiger partial charge in [0.25, 0.3) is 5.92 Å². The minimum atomic E-state index is -3.05. The molecule has 2 fully saturated rings. The number of carbonyl (C=O) groups is 2. The second-order valence-electron chi connectivity index (χ2n) is 7.58. The van der Waals surface area contributed by atoms with E-state index < -0.39 is 30.8 Å². The molecule has 1 aromatic rings. The van der Waals surface area contributed by atoms with Gasteiger partial charge in [0, 0.05) is 37.2 Å². The van der Waals surface area contributed by atoms with Crippen molar-refractivity contribution in [2.75, 3.05) is 19.6 Å². The molecule has 6 nitrogen and oxygen atoms in total. The van der Waals surface area contributed by atoms with Crippen LogP contribution >= 0.6 is 0 Å². The Bertz CT molecular complexity index is 772. The molecule has 0 spiro atoms. The van der Waals surface area contributed by atoms with Gasteiger partial charge in [0.1, 0.15) is 6.04 Å². The average molecular weight is 390 g/mol. The number of piperidine rings is 1. The lowest BCUT2D eigenvalue weighted by molar-refractivity contribution is -0.132. The van der Waals surface area contributed by atoms with Crippen LogP contribution in [0.3, 0.4) is 0 Å². The van der Waals surface area contributed by atoms with E-state index in [2.05, 4.69) is 10.3 Å². The van der Waals surface area contributed by atoms with E-state index in [1.54, 1.807) is 24.5 Å². The number of hydrogen-bond donors (Lipinski definition) is 1. The Morgan fingerprint density at radius 1 is 1.32 bits per heavy atom. The van der Waals surface area contributed by atoms with Crippen molar-refractivity contribution in [3.8, 4) is 6.07 Å². The highest BCUT2D eigenvalue weighted by Gasteiger charge is 2.47. The fourth-order valence-corrected chi connectivity index (χ4v) is 3.95. The Morgan fingerprint density at radius 2 is 2.07 bits per heavy atom. The number of ketones is 1. The van der Waals surface area contributed by atoms with Crippen molar-refractivity contribution in [3.05, 3.63) is 29.6 Å². The monoisotopic (exact) mass is 390 g/mol. The molecule has 2 aliphatic rings. The number of rotatable bonds is 6. The minimum Gasteiger partial charge on any atom is -0.320 e. The lowest BCUT2D eigenvalue weighted by atomic mass is 9.88. The van der Waals surface area contributed by atoms with Crippen LogP contribution in [0.25, 0.3) is 0 Å². The summed E-state index contributed by atoms with van der Waals surface area (Å²) in [6.45, 7) is 1.17. The first-order valence-corrected chi connectivity index (χ1v) is 9.63. The van der Waals surface area contributed by atoms with E-state index in [9.17, 15) is 18.4 Å². The maximum atomic E-state index is 13.5. The van der Waals surface area contributed by atoms with Gasteiger partial charge in [-0.05, 0) is 49.9 Å². The average Bonchev–Trinajstić information content (AvgIpc) is 3.02. The van der Waals surface area contributed by atoms with Gasteiger partial charge in [-0.2, -0.15) is 5.26 Å². The number of Topliss-reactive ketones (excluding diaryl/α,β-unsaturated/α-hetero) is 1. The molecule has 0 aliphatic carbocycles. The van der Waals surface area contributed by atoms with Gasteiger partial charge in [0.2, 0.25) is 5.91 Å². The number of amides is 1. The van der Waals surface area contributed by atoms with Crippen molar-refractivity contribution in [1.82, 2.24) is 15.2 Å². The zero-order valence-electron chi connectivity index (χ0n) is 15.7. The van der Waals surface area contributed by atoms with E-state index in [1.165, 1.54) is 0 Å². The number of pyridine rings is 1.